The summed E-state index contributed by atoms with van der Waals surface area (Å²) < 4.78 is 52.0. The molecule has 0 radical (unpaired) electrons. The van der Waals surface area contributed by atoms with Crippen LogP contribution in [0.5, 0.6) is 0 Å². The Labute approximate surface area is 188 Å². The Bertz CT molecular complexity index is 1270. The van der Waals surface area contributed by atoms with Gasteiger partial charge in [-0.25, -0.2) is 16.8 Å². The smallest absolute Gasteiger partial charge is 0.261 e. The van der Waals surface area contributed by atoms with Crippen LogP contribution in [0.4, 0.5) is 11.4 Å². The van der Waals surface area contributed by atoms with Crippen molar-refractivity contribution < 1.29 is 21.6 Å². The second kappa shape index (κ2) is 9.97. The highest BCUT2D eigenvalue weighted by Gasteiger charge is 2.16. The van der Waals surface area contributed by atoms with Gasteiger partial charge in [-0.05, 0) is 48.9 Å². The number of benzene rings is 3. The Morgan fingerprint density at radius 3 is 2.00 bits per heavy atom. The highest BCUT2D eigenvalue weighted by Crippen LogP contribution is 2.19. The molecule has 168 valence electrons. The Morgan fingerprint density at radius 1 is 0.781 bits per heavy atom. The third-order valence-corrected chi connectivity index (χ3v) is 7.62. The SMILES string of the molecule is Cc1ccc(NS(=O)(=O)c2ccc(NC(=O)CCS(=O)(=O)Cc3ccccc3)cc2)cc1. The van der Waals surface area contributed by atoms with E-state index in [1.165, 1.54) is 24.3 Å². The number of carbonyl (C=O) groups excluding carboxylic acids is 1. The quantitative estimate of drug-likeness (QED) is 0.493. The number of carbonyl (C=O) groups is 1. The molecule has 0 aliphatic heterocycles. The van der Waals surface area contributed by atoms with Gasteiger partial charge < -0.3 is 5.32 Å². The normalized spacial score (nSPS) is 11.7. The Kier molecular flexibility index (Phi) is 7.32. The molecular weight excluding hydrogens is 448 g/mol. The van der Waals surface area contributed by atoms with Crippen LogP contribution in [0.3, 0.4) is 0 Å². The maximum Gasteiger partial charge on any atom is 0.261 e. The third-order valence-electron chi connectivity index (χ3n) is 4.62. The van der Waals surface area contributed by atoms with Gasteiger partial charge in [0, 0.05) is 17.8 Å². The molecule has 0 bridgehead atoms. The lowest BCUT2D eigenvalue weighted by molar-refractivity contribution is -0.115. The molecule has 0 aliphatic carbocycles. The topological polar surface area (TPSA) is 109 Å². The van der Waals surface area contributed by atoms with Crippen molar-refractivity contribution in [1.82, 2.24) is 0 Å². The first-order valence-corrected chi connectivity index (χ1v) is 13.2. The molecule has 32 heavy (non-hydrogen) atoms. The standard InChI is InChI=1S/C23H24N2O5S2/c1-18-7-9-21(10-8-18)25-32(29,30)22-13-11-20(12-14-22)24-23(26)15-16-31(27,28)17-19-5-3-2-4-6-19/h2-14,25H,15-17H2,1H3,(H,24,26). The maximum atomic E-state index is 12.5. The minimum Gasteiger partial charge on any atom is -0.326 e. The fraction of sp³-hybridized carbons (Fsp3) is 0.174. The van der Waals surface area contributed by atoms with Gasteiger partial charge >= 0.3 is 0 Å². The van der Waals surface area contributed by atoms with Gasteiger partial charge in [0.15, 0.2) is 9.84 Å². The first kappa shape index (κ1) is 23.5. The summed E-state index contributed by atoms with van der Waals surface area (Å²) in [5.41, 5.74) is 2.51. The van der Waals surface area contributed by atoms with Gasteiger partial charge in [-0.3, -0.25) is 9.52 Å². The number of anilines is 2. The lowest BCUT2D eigenvalue weighted by Gasteiger charge is -2.10. The number of sulfone groups is 1. The van der Waals surface area contributed by atoms with Gasteiger partial charge in [0.05, 0.1) is 16.4 Å². The molecular formula is C23H24N2O5S2. The Morgan fingerprint density at radius 2 is 1.38 bits per heavy atom. The predicted molar refractivity (Wildman–Crippen MR) is 126 cm³/mol. The van der Waals surface area contributed by atoms with Gasteiger partial charge in [0.25, 0.3) is 10.0 Å². The summed E-state index contributed by atoms with van der Waals surface area (Å²) in [5, 5.41) is 2.59. The minimum absolute atomic E-state index is 0.0431. The molecule has 3 aromatic rings. The van der Waals surface area contributed by atoms with E-state index in [4.69, 9.17) is 0 Å². The fourth-order valence-corrected chi connectivity index (χ4v) is 5.32. The number of hydrogen-bond acceptors (Lipinski definition) is 5. The molecule has 1 amide bonds. The zero-order chi connectivity index (χ0) is 23.2. The van der Waals surface area contributed by atoms with Gasteiger partial charge in [-0.2, -0.15) is 0 Å². The summed E-state index contributed by atoms with van der Waals surface area (Å²) >= 11 is 0. The van der Waals surface area contributed by atoms with Crippen molar-refractivity contribution in [3.8, 4) is 0 Å². The van der Waals surface area contributed by atoms with E-state index in [-0.39, 0.29) is 22.8 Å². The lowest BCUT2D eigenvalue weighted by Crippen LogP contribution is -2.18. The van der Waals surface area contributed by atoms with Crippen LogP contribution >= 0.6 is 0 Å². The Balaban J connectivity index is 1.55. The van der Waals surface area contributed by atoms with Crippen molar-refractivity contribution in [2.24, 2.45) is 0 Å². The van der Waals surface area contributed by atoms with Crippen LogP contribution < -0.4 is 10.0 Å². The second-order valence-electron chi connectivity index (χ2n) is 7.37. The molecule has 0 saturated heterocycles. The molecule has 0 aliphatic rings. The van der Waals surface area contributed by atoms with Crippen molar-refractivity contribution in [1.29, 1.82) is 0 Å². The molecule has 3 aromatic carbocycles. The highest BCUT2D eigenvalue weighted by molar-refractivity contribution is 7.92. The summed E-state index contributed by atoms with van der Waals surface area (Å²) in [6.07, 6.45) is -0.190. The van der Waals surface area contributed by atoms with E-state index in [1.807, 2.05) is 6.92 Å². The van der Waals surface area contributed by atoms with Gasteiger partial charge in [0.2, 0.25) is 5.91 Å². The first-order chi connectivity index (χ1) is 15.1. The first-order valence-electron chi connectivity index (χ1n) is 9.87. The molecule has 0 fully saturated rings. The molecule has 0 aromatic heterocycles. The number of hydrogen-bond donors (Lipinski definition) is 2. The number of sulfonamides is 1. The summed E-state index contributed by atoms with van der Waals surface area (Å²) in [5.74, 6) is -0.863. The van der Waals surface area contributed by atoms with E-state index in [1.54, 1.807) is 54.6 Å². The molecule has 9 heteroatoms. The summed E-state index contributed by atoms with van der Waals surface area (Å²) in [6, 6.07) is 21.4. The largest absolute Gasteiger partial charge is 0.326 e. The maximum absolute atomic E-state index is 12.5. The molecule has 0 atom stereocenters. The molecule has 0 spiro atoms. The van der Waals surface area contributed by atoms with Gasteiger partial charge in [0.1, 0.15) is 0 Å². The highest BCUT2D eigenvalue weighted by atomic mass is 32.2. The van der Waals surface area contributed by atoms with Crippen LogP contribution in [-0.2, 0) is 30.4 Å². The summed E-state index contributed by atoms with van der Waals surface area (Å²) in [7, 11) is -7.20. The van der Waals surface area contributed by atoms with E-state index >= 15 is 0 Å². The van der Waals surface area contributed by atoms with Crippen LogP contribution in [0, 0.1) is 6.92 Å². The van der Waals surface area contributed by atoms with E-state index in [0.717, 1.165) is 5.56 Å². The van der Waals surface area contributed by atoms with Crippen LogP contribution in [-0.4, -0.2) is 28.5 Å². The molecule has 2 N–H and O–H groups in total. The van der Waals surface area contributed by atoms with Gasteiger partial charge in [-0.15, -0.1) is 0 Å². The van der Waals surface area contributed by atoms with Crippen LogP contribution in [0.25, 0.3) is 0 Å². The molecule has 7 nitrogen and oxygen atoms in total. The van der Waals surface area contributed by atoms with Crippen LogP contribution in [0.2, 0.25) is 0 Å². The number of aryl methyl sites for hydroxylation is 1. The minimum atomic E-state index is -3.77. The zero-order valence-electron chi connectivity index (χ0n) is 17.5. The van der Waals surface area contributed by atoms with Crippen molar-refractivity contribution in [2.45, 2.75) is 24.0 Å². The fourth-order valence-electron chi connectivity index (χ4n) is 2.93. The Hall–Kier alpha value is -3.17. The van der Waals surface area contributed by atoms with Crippen molar-refractivity contribution >= 4 is 37.1 Å². The second-order valence-corrected chi connectivity index (χ2v) is 11.2. The van der Waals surface area contributed by atoms with Crippen molar-refractivity contribution in [3.05, 3.63) is 90.0 Å². The summed E-state index contributed by atoms with van der Waals surface area (Å²) in [6.45, 7) is 1.91. The number of rotatable bonds is 9. The molecule has 0 heterocycles. The monoisotopic (exact) mass is 472 g/mol. The number of nitrogens with one attached hydrogen (secondary N) is 2. The molecule has 0 saturated carbocycles. The van der Waals surface area contributed by atoms with E-state index in [0.29, 0.717) is 16.9 Å². The average Bonchev–Trinajstić information content (AvgIpc) is 2.75. The van der Waals surface area contributed by atoms with Crippen LogP contribution in [0.15, 0.2) is 83.8 Å². The zero-order valence-corrected chi connectivity index (χ0v) is 19.1. The van der Waals surface area contributed by atoms with E-state index < -0.39 is 25.8 Å². The third kappa shape index (κ3) is 6.93. The van der Waals surface area contributed by atoms with Crippen LogP contribution in [0.1, 0.15) is 17.5 Å². The van der Waals surface area contributed by atoms with Crippen molar-refractivity contribution in [3.63, 3.8) is 0 Å². The predicted octanol–water partition coefficient (Wildman–Crippen LogP) is 3.74. The average molecular weight is 473 g/mol. The van der Waals surface area contributed by atoms with Crippen molar-refractivity contribution in [2.75, 3.05) is 15.8 Å². The lowest BCUT2D eigenvalue weighted by atomic mass is 10.2. The molecule has 3 rings (SSSR count). The van der Waals surface area contributed by atoms with Gasteiger partial charge in [-0.1, -0.05) is 48.0 Å². The van der Waals surface area contributed by atoms with E-state index in [9.17, 15) is 21.6 Å². The van der Waals surface area contributed by atoms with E-state index in [2.05, 4.69) is 10.0 Å². The number of amides is 1. The molecule has 0 unspecified atom stereocenters. The summed E-state index contributed by atoms with van der Waals surface area (Å²) in [4.78, 5) is 12.2.